The molecule has 0 N–H and O–H groups in total. The van der Waals surface area contributed by atoms with Crippen molar-refractivity contribution in [3.8, 4) is 0 Å². The highest BCUT2D eigenvalue weighted by Gasteiger charge is 2.56. The predicted octanol–water partition coefficient (Wildman–Crippen LogP) is 5.40. The van der Waals surface area contributed by atoms with Crippen molar-refractivity contribution in [2.45, 2.75) is 19.3 Å². The summed E-state index contributed by atoms with van der Waals surface area (Å²) in [6.07, 6.45) is 8.22. The molecule has 0 aromatic heterocycles. The lowest BCUT2D eigenvalue weighted by Crippen LogP contribution is -2.18. The van der Waals surface area contributed by atoms with Gasteiger partial charge in [0.1, 0.15) is 0 Å². The van der Waals surface area contributed by atoms with Crippen molar-refractivity contribution < 1.29 is 4.79 Å². The minimum absolute atomic E-state index is 0.291. The average Bonchev–Trinajstić information content (AvgIpc) is 3.33. The molecule has 3 fully saturated rings. The summed E-state index contributed by atoms with van der Waals surface area (Å²) >= 11 is 0. The van der Waals surface area contributed by atoms with Gasteiger partial charge in [-0.2, -0.15) is 0 Å². The second kappa shape index (κ2) is 5.84. The van der Waals surface area contributed by atoms with Gasteiger partial charge in [0.05, 0.1) is 0 Å². The molecule has 0 saturated heterocycles. The Morgan fingerprint density at radius 1 is 0.680 bits per heavy atom. The van der Waals surface area contributed by atoms with E-state index in [2.05, 4.69) is 36.4 Å². The highest BCUT2D eigenvalue weighted by molar-refractivity contribution is 6.17. The van der Waals surface area contributed by atoms with Crippen LogP contribution in [0.3, 0.4) is 0 Å². The Morgan fingerprint density at radius 3 is 1.56 bits per heavy atom. The van der Waals surface area contributed by atoms with Crippen LogP contribution in [-0.2, 0) is 4.79 Å². The third-order valence-electron chi connectivity index (χ3n) is 6.40. The monoisotopic (exact) mass is 326 g/mol. The number of carbonyl (C=O) groups excluding carboxylic acids is 1. The van der Waals surface area contributed by atoms with Crippen molar-refractivity contribution in [1.82, 2.24) is 0 Å². The molecule has 4 atom stereocenters. The molecule has 0 heterocycles. The van der Waals surface area contributed by atoms with E-state index in [-0.39, 0.29) is 0 Å². The van der Waals surface area contributed by atoms with Crippen LogP contribution in [0, 0.1) is 23.7 Å². The van der Waals surface area contributed by atoms with Crippen LogP contribution in [0.15, 0.2) is 71.8 Å². The number of ketones is 1. The molecule has 3 saturated carbocycles. The van der Waals surface area contributed by atoms with Gasteiger partial charge in [-0.1, -0.05) is 60.7 Å². The lowest BCUT2D eigenvalue weighted by molar-refractivity contribution is -0.111. The molecule has 124 valence electrons. The van der Waals surface area contributed by atoms with Gasteiger partial charge >= 0.3 is 0 Å². The predicted molar refractivity (Wildman–Crippen MR) is 102 cm³/mol. The van der Waals surface area contributed by atoms with Gasteiger partial charge < -0.3 is 0 Å². The molecule has 3 aliphatic rings. The van der Waals surface area contributed by atoms with Crippen molar-refractivity contribution >= 4 is 17.9 Å². The van der Waals surface area contributed by atoms with Gasteiger partial charge in [-0.15, -0.1) is 0 Å². The van der Waals surface area contributed by atoms with Gasteiger partial charge in [0.25, 0.3) is 0 Å². The SMILES string of the molecule is O=C1/C(=C\c2ccccc2)[C@@H]2[C@@H]3CC[C@@H](C3)[C@@H]2/C1=C/c1ccccc1. The van der Waals surface area contributed by atoms with Crippen LogP contribution in [0.5, 0.6) is 0 Å². The summed E-state index contributed by atoms with van der Waals surface area (Å²) in [7, 11) is 0. The maximum absolute atomic E-state index is 13.3. The van der Waals surface area contributed by atoms with Crippen LogP contribution >= 0.6 is 0 Å². The minimum Gasteiger partial charge on any atom is -0.289 e. The maximum Gasteiger partial charge on any atom is 0.185 e. The standard InChI is InChI=1S/C24H22O/c25-24-20(13-16-7-3-1-4-8-16)22-18-11-12-19(15-18)23(22)21(24)14-17-9-5-2-6-10-17/h1-10,13-14,18-19,22-23H,11-12,15H2/b20-13-,21-14-/t18-,19+,22+,23-. The van der Waals surface area contributed by atoms with E-state index < -0.39 is 0 Å². The second-order valence-electron chi connectivity index (χ2n) is 7.73. The van der Waals surface area contributed by atoms with Crippen molar-refractivity contribution in [1.29, 1.82) is 0 Å². The number of hydrogen-bond acceptors (Lipinski definition) is 1. The molecule has 2 bridgehead atoms. The van der Waals surface area contributed by atoms with Crippen LogP contribution in [0.25, 0.3) is 12.2 Å². The Bertz CT molecular complexity index is 788. The van der Waals surface area contributed by atoms with Crippen LogP contribution < -0.4 is 0 Å². The number of carbonyl (C=O) groups is 1. The van der Waals surface area contributed by atoms with E-state index in [4.69, 9.17) is 0 Å². The molecule has 2 aromatic rings. The first-order chi connectivity index (χ1) is 12.3. The fraction of sp³-hybridized carbons (Fsp3) is 0.292. The molecular formula is C24H22O. The normalized spacial score (nSPS) is 33.4. The van der Waals surface area contributed by atoms with E-state index in [0.29, 0.717) is 29.5 Å². The summed E-state index contributed by atoms with van der Waals surface area (Å²) in [5, 5.41) is 0. The van der Waals surface area contributed by atoms with Crippen molar-refractivity contribution in [2.24, 2.45) is 23.7 Å². The summed E-state index contributed by atoms with van der Waals surface area (Å²) in [5.41, 5.74) is 4.41. The van der Waals surface area contributed by atoms with Gasteiger partial charge in [0.15, 0.2) is 5.78 Å². The Hall–Kier alpha value is -2.41. The molecule has 2 aromatic carbocycles. The molecule has 1 nitrogen and oxygen atoms in total. The molecule has 0 unspecified atom stereocenters. The number of allylic oxidation sites excluding steroid dienone is 2. The van der Waals surface area contributed by atoms with E-state index in [0.717, 1.165) is 22.3 Å². The molecule has 0 spiro atoms. The lowest BCUT2D eigenvalue weighted by Gasteiger charge is -2.25. The van der Waals surface area contributed by atoms with Crippen LogP contribution in [0.2, 0.25) is 0 Å². The topological polar surface area (TPSA) is 17.1 Å². The van der Waals surface area contributed by atoms with E-state index in [9.17, 15) is 4.79 Å². The quantitative estimate of drug-likeness (QED) is 0.675. The van der Waals surface area contributed by atoms with E-state index in [1.54, 1.807) is 0 Å². The van der Waals surface area contributed by atoms with Crippen molar-refractivity contribution in [3.63, 3.8) is 0 Å². The number of rotatable bonds is 2. The number of Topliss-reactive ketones (excluding diaryl/α,β-unsaturated/α-hetero) is 1. The third-order valence-corrected chi connectivity index (χ3v) is 6.40. The van der Waals surface area contributed by atoms with Crippen molar-refractivity contribution in [3.05, 3.63) is 82.9 Å². The molecule has 25 heavy (non-hydrogen) atoms. The highest BCUT2D eigenvalue weighted by atomic mass is 16.1. The Labute approximate surface area is 149 Å². The number of hydrogen-bond donors (Lipinski definition) is 0. The molecule has 0 radical (unpaired) electrons. The zero-order valence-electron chi connectivity index (χ0n) is 14.3. The van der Waals surface area contributed by atoms with Crippen LogP contribution in [0.4, 0.5) is 0 Å². The second-order valence-corrected chi connectivity index (χ2v) is 7.73. The van der Waals surface area contributed by atoms with E-state index >= 15 is 0 Å². The largest absolute Gasteiger partial charge is 0.289 e. The zero-order valence-corrected chi connectivity index (χ0v) is 14.3. The fourth-order valence-electron chi connectivity index (χ4n) is 5.44. The molecule has 0 aliphatic heterocycles. The molecular weight excluding hydrogens is 304 g/mol. The van der Waals surface area contributed by atoms with Gasteiger partial charge in [-0.3, -0.25) is 4.79 Å². The first-order valence-corrected chi connectivity index (χ1v) is 9.39. The van der Waals surface area contributed by atoms with Gasteiger partial charge in [-0.05, 0) is 66.2 Å². The lowest BCUT2D eigenvalue weighted by atomic mass is 9.78. The molecule has 5 rings (SSSR count). The first-order valence-electron chi connectivity index (χ1n) is 9.39. The Morgan fingerprint density at radius 2 is 1.12 bits per heavy atom. The summed E-state index contributed by atoms with van der Waals surface area (Å²) in [6, 6.07) is 20.6. The fourth-order valence-corrected chi connectivity index (χ4v) is 5.44. The van der Waals surface area contributed by atoms with E-state index in [1.807, 2.05) is 36.4 Å². The van der Waals surface area contributed by atoms with E-state index in [1.165, 1.54) is 19.3 Å². The highest BCUT2D eigenvalue weighted by Crippen LogP contribution is 2.61. The Balaban J connectivity index is 1.61. The van der Waals surface area contributed by atoms with Crippen molar-refractivity contribution in [2.75, 3.05) is 0 Å². The number of benzene rings is 2. The minimum atomic E-state index is 0.291. The van der Waals surface area contributed by atoms with Gasteiger partial charge in [0.2, 0.25) is 0 Å². The summed E-state index contributed by atoms with van der Waals surface area (Å²) < 4.78 is 0. The average molecular weight is 326 g/mol. The summed E-state index contributed by atoms with van der Waals surface area (Å²) in [6.45, 7) is 0. The zero-order chi connectivity index (χ0) is 16.8. The van der Waals surface area contributed by atoms with Crippen LogP contribution in [-0.4, -0.2) is 5.78 Å². The van der Waals surface area contributed by atoms with Gasteiger partial charge in [-0.25, -0.2) is 0 Å². The third kappa shape index (κ3) is 2.41. The first kappa shape index (κ1) is 14.9. The summed E-state index contributed by atoms with van der Waals surface area (Å²) in [4.78, 5) is 13.3. The molecule has 0 amide bonds. The Kier molecular flexibility index (Phi) is 3.48. The molecule has 1 heteroatoms. The smallest absolute Gasteiger partial charge is 0.185 e. The number of fused-ring (bicyclic) bond motifs is 5. The van der Waals surface area contributed by atoms with Crippen LogP contribution in [0.1, 0.15) is 30.4 Å². The maximum atomic E-state index is 13.3. The summed E-state index contributed by atoms with van der Waals surface area (Å²) in [5.74, 6) is 2.59. The van der Waals surface area contributed by atoms with Gasteiger partial charge in [0, 0.05) is 11.1 Å². The molecule has 3 aliphatic carbocycles.